The summed E-state index contributed by atoms with van der Waals surface area (Å²) < 4.78 is 5.27. The number of rotatable bonds is 4. The summed E-state index contributed by atoms with van der Waals surface area (Å²) in [6, 6.07) is 0. The third-order valence-electron chi connectivity index (χ3n) is 1.88. The van der Waals surface area contributed by atoms with E-state index in [0.717, 1.165) is 32.7 Å². The highest BCUT2D eigenvalue weighted by atomic mass is 16.5. The maximum Gasteiger partial charge on any atom is 0.0503 e. The van der Waals surface area contributed by atoms with Crippen LogP contribution in [-0.2, 0) is 4.74 Å². The minimum atomic E-state index is 0.834. The minimum absolute atomic E-state index is 0.834. The summed E-state index contributed by atoms with van der Waals surface area (Å²) in [6.45, 7) is 5.95. The number of nitrogens with one attached hydrogen (secondary N) is 1. The van der Waals surface area contributed by atoms with Gasteiger partial charge in [0.05, 0.1) is 6.61 Å². The van der Waals surface area contributed by atoms with Crippen LogP contribution < -0.4 is 5.32 Å². The molecule has 11 heavy (non-hydrogen) atoms. The van der Waals surface area contributed by atoms with Crippen LogP contribution in [0.4, 0.5) is 0 Å². The van der Waals surface area contributed by atoms with Crippen LogP contribution >= 0.6 is 0 Å². The number of hydrogen-bond acceptors (Lipinski definition) is 2. The maximum absolute atomic E-state index is 5.27. The van der Waals surface area contributed by atoms with Crippen molar-refractivity contribution in [3.05, 3.63) is 11.6 Å². The highest BCUT2D eigenvalue weighted by Crippen LogP contribution is 2.05. The van der Waals surface area contributed by atoms with E-state index in [2.05, 4.69) is 11.4 Å². The Kier molecular flexibility index (Phi) is 4.24. The van der Waals surface area contributed by atoms with Crippen molar-refractivity contribution in [1.82, 2.24) is 5.32 Å². The summed E-state index contributed by atoms with van der Waals surface area (Å²) in [6.07, 6.45) is 4.61. The molecule has 0 aliphatic carbocycles. The monoisotopic (exact) mass is 155 g/mol. The van der Waals surface area contributed by atoms with Crippen LogP contribution in [0.3, 0.4) is 0 Å². The Morgan fingerprint density at radius 2 is 2.55 bits per heavy atom. The van der Waals surface area contributed by atoms with Gasteiger partial charge in [-0.05, 0) is 26.3 Å². The van der Waals surface area contributed by atoms with Crippen LogP contribution in [0.5, 0.6) is 0 Å². The molecule has 0 unspecified atom stereocenters. The smallest absolute Gasteiger partial charge is 0.0503 e. The summed E-state index contributed by atoms with van der Waals surface area (Å²) in [5, 5.41) is 3.34. The molecule has 2 heteroatoms. The van der Waals surface area contributed by atoms with E-state index in [4.69, 9.17) is 4.74 Å². The Bertz CT molecular complexity index is 132. The fourth-order valence-electron chi connectivity index (χ4n) is 1.24. The molecule has 1 N–H and O–H groups in total. The Morgan fingerprint density at radius 1 is 1.64 bits per heavy atom. The van der Waals surface area contributed by atoms with Gasteiger partial charge in [0.25, 0.3) is 0 Å². The molecule has 1 rings (SSSR count). The van der Waals surface area contributed by atoms with E-state index in [1.165, 1.54) is 12.0 Å². The topological polar surface area (TPSA) is 21.3 Å². The van der Waals surface area contributed by atoms with Crippen LogP contribution in [0.1, 0.15) is 19.8 Å². The van der Waals surface area contributed by atoms with Gasteiger partial charge in [-0.25, -0.2) is 0 Å². The molecule has 1 heterocycles. The fraction of sp³-hybridized carbons (Fsp3) is 0.778. The van der Waals surface area contributed by atoms with Gasteiger partial charge in [0.15, 0.2) is 0 Å². The molecule has 0 saturated heterocycles. The van der Waals surface area contributed by atoms with Gasteiger partial charge in [-0.1, -0.05) is 11.6 Å². The molecule has 1 aliphatic rings. The molecule has 1 aliphatic heterocycles. The van der Waals surface area contributed by atoms with Gasteiger partial charge in [0.1, 0.15) is 0 Å². The third-order valence-corrected chi connectivity index (χ3v) is 1.88. The fourth-order valence-corrected chi connectivity index (χ4v) is 1.24. The lowest BCUT2D eigenvalue weighted by Gasteiger charge is -2.13. The van der Waals surface area contributed by atoms with Gasteiger partial charge >= 0.3 is 0 Å². The molecule has 0 atom stereocenters. The first-order valence-electron chi connectivity index (χ1n) is 4.40. The molecule has 0 bridgehead atoms. The second kappa shape index (κ2) is 5.33. The van der Waals surface area contributed by atoms with Crippen molar-refractivity contribution in [2.24, 2.45) is 0 Å². The average Bonchev–Trinajstić information content (AvgIpc) is 2.07. The second-order valence-electron chi connectivity index (χ2n) is 2.77. The van der Waals surface area contributed by atoms with Crippen molar-refractivity contribution in [1.29, 1.82) is 0 Å². The second-order valence-corrected chi connectivity index (χ2v) is 2.77. The van der Waals surface area contributed by atoms with Crippen molar-refractivity contribution in [3.8, 4) is 0 Å². The predicted molar refractivity (Wildman–Crippen MR) is 46.7 cm³/mol. The number of hydrogen-bond donors (Lipinski definition) is 1. The van der Waals surface area contributed by atoms with Gasteiger partial charge in [-0.3, -0.25) is 0 Å². The normalized spacial score (nSPS) is 18.1. The molecule has 0 aromatic rings. The van der Waals surface area contributed by atoms with Crippen molar-refractivity contribution in [2.45, 2.75) is 19.8 Å². The molecule has 0 radical (unpaired) electrons. The third kappa shape index (κ3) is 3.54. The summed E-state index contributed by atoms with van der Waals surface area (Å²) >= 11 is 0. The van der Waals surface area contributed by atoms with Crippen molar-refractivity contribution >= 4 is 0 Å². The summed E-state index contributed by atoms with van der Waals surface area (Å²) in [5.41, 5.74) is 1.50. The highest BCUT2D eigenvalue weighted by Gasteiger charge is 2.01. The Hall–Kier alpha value is -0.340. The first-order valence-corrected chi connectivity index (χ1v) is 4.40. The summed E-state index contributed by atoms with van der Waals surface area (Å²) in [5.74, 6) is 0. The first kappa shape index (κ1) is 8.75. The van der Waals surface area contributed by atoms with Crippen LogP contribution in [0.25, 0.3) is 0 Å². The van der Waals surface area contributed by atoms with Crippen molar-refractivity contribution in [2.75, 3.05) is 26.3 Å². The van der Waals surface area contributed by atoms with Crippen molar-refractivity contribution < 1.29 is 4.74 Å². The quantitative estimate of drug-likeness (QED) is 0.488. The van der Waals surface area contributed by atoms with Crippen LogP contribution in [0.2, 0.25) is 0 Å². The van der Waals surface area contributed by atoms with Crippen LogP contribution in [0, 0.1) is 0 Å². The zero-order chi connectivity index (χ0) is 7.94. The van der Waals surface area contributed by atoms with Gasteiger partial charge in [-0.2, -0.15) is 0 Å². The molecular weight excluding hydrogens is 138 g/mol. The predicted octanol–water partition coefficient (Wildman–Crippen LogP) is 1.33. The van der Waals surface area contributed by atoms with E-state index in [1.807, 2.05) is 6.92 Å². The van der Waals surface area contributed by atoms with E-state index in [1.54, 1.807) is 0 Å². The summed E-state index contributed by atoms with van der Waals surface area (Å²) in [4.78, 5) is 0. The van der Waals surface area contributed by atoms with E-state index in [-0.39, 0.29) is 0 Å². The number of ether oxygens (including phenoxy) is 1. The van der Waals surface area contributed by atoms with Crippen LogP contribution in [0.15, 0.2) is 11.6 Å². The van der Waals surface area contributed by atoms with Gasteiger partial charge in [0.2, 0.25) is 0 Å². The van der Waals surface area contributed by atoms with E-state index in [9.17, 15) is 0 Å². The zero-order valence-electron chi connectivity index (χ0n) is 7.23. The summed E-state index contributed by atoms with van der Waals surface area (Å²) in [7, 11) is 0. The largest absolute Gasteiger partial charge is 0.381 e. The standard InChI is InChI=1S/C9H17NO/c1-2-11-7-5-9-4-3-6-10-8-9/h4,10H,2-3,5-8H2,1H3. The van der Waals surface area contributed by atoms with Gasteiger partial charge in [-0.15, -0.1) is 0 Å². The molecule has 0 aromatic carbocycles. The lowest BCUT2D eigenvalue weighted by molar-refractivity contribution is 0.150. The molecule has 0 saturated carbocycles. The van der Waals surface area contributed by atoms with E-state index >= 15 is 0 Å². The van der Waals surface area contributed by atoms with Gasteiger partial charge < -0.3 is 10.1 Å². The molecular formula is C9H17NO. The maximum atomic E-state index is 5.27. The van der Waals surface area contributed by atoms with Crippen molar-refractivity contribution in [3.63, 3.8) is 0 Å². The molecule has 64 valence electrons. The van der Waals surface area contributed by atoms with E-state index in [0.29, 0.717) is 0 Å². The average molecular weight is 155 g/mol. The molecule has 0 aromatic heterocycles. The van der Waals surface area contributed by atoms with E-state index < -0.39 is 0 Å². The lowest BCUT2D eigenvalue weighted by atomic mass is 10.1. The SMILES string of the molecule is CCOCCC1=CCCNC1. The zero-order valence-corrected chi connectivity index (χ0v) is 7.23. The molecule has 0 spiro atoms. The van der Waals surface area contributed by atoms with Gasteiger partial charge in [0, 0.05) is 13.2 Å². The Balaban J connectivity index is 2.09. The molecule has 0 amide bonds. The first-order chi connectivity index (χ1) is 5.43. The Morgan fingerprint density at radius 3 is 3.18 bits per heavy atom. The molecule has 0 fully saturated rings. The highest BCUT2D eigenvalue weighted by molar-refractivity contribution is 5.07. The Labute approximate surface area is 68.6 Å². The van der Waals surface area contributed by atoms with Crippen LogP contribution in [-0.4, -0.2) is 26.3 Å². The minimum Gasteiger partial charge on any atom is -0.381 e. The lowest BCUT2D eigenvalue weighted by Crippen LogP contribution is -2.22. The molecule has 2 nitrogen and oxygen atoms in total.